The summed E-state index contributed by atoms with van der Waals surface area (Å²) in [5.74, 6) is 0.596. The van der Waals surface area contributed by atoms with Crippen LogP contribution in [0.15, 0.2) is 30.3 Å². The molecule has 0 heterocycles. The van der Waals surface area contributed by atoms with E-state index in [-0.39, 0.29) is 6.61 Å². The number of rotatable bonds is 26. The van der Waals surface area contributed by atoms with Crippen molar-refractivity contribution in [2.75, 3.05) is 99.0 Å². The van der Waals surface area contributed by atoms with Gasteiger partial charge in [0.05, 0.1) is 85.9 Å². The van der Waals surface area contributed by atoms with Gasteiger partial charge in [-0.05, 0) is 11.5 Å². The fourth-order valence-corrected chi connectivity index (χ4v) is 2.72. The number of amides is 1. The number of ether oxygens (including phenoxy) is 8. The molecule has 0 radical (unpaired) electrons. The molecule has 1 atom stereocenters. The van der Waals surface area contributed by atoms with Crippen LogP contribution in [0.5, 0.6) is 0 Å². The Labute approximate surface area is 222 Å². The van der Waals surface area contributed by atoms with Crippen LogP contribution in [-0.4, -0.2) is 105 Å². The summed E-state index contributed by atoms with van der Waals surface area (Å²) in [5.41, 5.74) is 0.944. The fourth-order valence-electron chi connectivity index (χ4n) is 2.72. The van der Waals surface area contributed by atoms with E-state index in [9.17, 15) is 4.79 Å². The Morgan fingerprint density at radius 1 is 0.676 bits per heavy atom. The molecule has 0 aliphatic rings. The summed E-state index contributed by atoms with van der Waals surface area (Å²) in [4.78, 5) is 11.6. The van der Waals surface area contributed by atoms with Crippen molar-refractivity contribution in [1.82, 2.24) is 5.32 Å². The van der Waals surface area contributed by atoms with Crippen molar-refractivity contribution in [2.24, 2.45) is 5.92 Å². The molecule has 37 heavy (non-hydrogen) atoms. The quantitative estimate of drug-likeness (QED) is 0.181. The van der Waals surface area contributed by atoms with Gasteiger partial charge in [-0.3, -0.25) is 0 Å². The van der Waals surface area contributed by atoms with Crippen molar-refractivity contribution in [3.8, 4) is 0 Å². The van der Waals surface area contributed by atoms with Gasteiger partial charge in [0.25, 0.3) is 0 Å². The van der Waals surface area contributed by atoms with Gasteiger partial charge in [-0.1, -0.05) is 50.6 Å². The van der Waals surface area contributed by atoms with Gasteiger partial charge < -0.3 is 43.2 Å². The zero-order valence-electron chi connectivity index (χ0n) is 22.7. The molecular weight excluding hydrogens is 482 g/mol. The Hall–Kier alpha value is -1.79. The summed E-state index contributed by atoms with van der Waals surface area (Å²) in [6.07, 6.45) is 0.669. The van der Waals surface area contributed by atoms with Crippen molar-refractivity contribution in [1.29, 1.82) is 0 Å². The van der Waals surface area contributed by atoms with Gasteiger partial charge in [-0.2, -0.15) is 0 Å². The molecule has 1 rings (SSSR count). The number of carbonyl (C=O) groups excluding carboxylic acids is 1. The normalized spacial score (nSPS) is 11.9. The molecule has 0 aliphatic carbocycles. The zero-order chi connectivity index (χ0) is 26.7. The van der Waals surface area contributed by atoms with Crippen LogP contribution < -0.4 is 5.32 Å². The highest BCUT2D eigenvalue weighted by Crippen LogP contribution is 2.01. The highest BCUT2D eigenvalue weighted by molar-refractivity contribution is 5.67. The Kier molecular flexibility index (Phi) is 23.2. The average Bonchev–Trinajstić information content (AvgIpc) is 2.92. The van der Waals surface area contributed by atoms with Gasteiger partial charge in [-0.25, -0.2) is 4.79 Å². The van der Waals surface area contributed by atoms with E-state index in [1.165, 1.54) is 0 Å². The molecule has 214 valence electrons. The van der Waals surface area contributed by atoms with E-state index >= 15 is 0 Å². The smallest absolute Gasteiger partial charge is 0.407 e. The fraction of sp³-hybridized carbons (Fsp3) is 0.741. The van der Waals surface area contributed by atoms with Crippen molar-refractivity contribution in [3.63, 3.8) is 0 Å². The third-order valence-corrected chi connectivity index (χ3v) is 5.06. The molecule has 0 saturated carbocycles. The van der Waals surface area contributed by atoms with Crippen LogP contribution in [0.3, 0.4) is 0 Å². The van der Waals surface area contributed by atoms with E-state index < -0.39 is 6.09 Å². The summed E-state index contributed by atoms with van der Waals surface area (Å²) in [5, 5.41) is 2.64. The number of carbonyl (C=O) groups is 1. The van der Waals surface area contributed by atoms with Gasteiger partial charge in [0.2, 0.25) is 0 Å². The van der Waals surface area contributed by atoms with Crippen LogP contribution in [0.1, 0.15) is 25.8 Å². The molecule has 1 aromatic rings. The molecule has 0 saturated heterocycles. The van der Waals surface area contributed by atoms with E-state index in [0.717, 1.165) is 18.6 Å². The molecule has 10 nitrogen and oxygen atoms in total. The molecule has 0 fully saturated rings. The van der Waals surface area contributed by atoms with E-state index in [1.807, 2.05) is 30.3 Å². The summed E-state index contributed by atoms with van der Waals surface area (Å²) >= 11 is 0. The largest absolute Gasteiger partial charge is 0.445 e. The maximum absolute atomic E-state index is 11.6. The lowest BCUT2D eigenvalue weighted by molar-refractivity contribution is -0.0213. The first-order valence-corrected chi connectivity index (χ1v) is 13.2. The highest BCUT2D eigenvalue weighted by Gasteiger charge is 2.02. The van der Waals surface area contributed by atoms with Crippen LogP contribution in [0, 0.1) is 5.92 Å². The van der Waals surface area contributed by atoms with Gasteiger partial charge in [0.1, 0.15) is 6.61 Å². The summed E-state index contributed by atoms with van der Waals surface area (Å²) < 4.78 is 43.3. The Bertz CT molecular complexity index is 621. The number of benzene rings is 1. The van der Waals surface area contributed by atoms with Crippen LogP contribution >= 0.6 is 0 Å². The van der Waals surface area contributed by atoms with E-state index in [0.29, 0.717) is 98.4 Å². The SMILES string of the molecule is CCC(C)COCCOCCOCCOCCOCCOCCOCCNC(=O)OCc1ccccc1. The minimum Gasteiger partial charge on any atom is -0.445 e. The van der Waals surface area contributed by atoms with E-state index in [1.54, 1.807) is 0 Å². The lowest BCUT2D eigenvalue weighted by atomic mass is 10.1. The topological polar surface area (TPSA) is 103 Å². The average molecular weight is 530 g/mol. The van der Waals surface area contributed by atoms with Gasteiger partial charge >= 0.3 is 6.09 Å². The zero-order valence-corrected chi connectivity index (χ0v) is 22.7. The molecule has 1 amide bonds. The number of hydrogen-bond donors (Lipinski definition) is 1. The van der Waals surface area contributed by atoms with Crippen LogP contribution in [0.4, 0.5) is 4.79 Å². The van der Waals surface area contributed by atoms with Gasteiger partial charge in [0.15, 0.2) is 0 Å². The predicted molar refractivity (Wildman–Crippen MR) is 140 cm³/mol. The van der Waals surface area contributed by atoms with Gasteiger partial charge in [0, 0.05) is 13.2 Å². The second kappa shape index (κ2) is 25.8. The lowest BCUT2D eigenvalue weighted by Gasteiger charge is -2.10. The van der Waals surface area contributed by atoms with Crippen LogP contribution in [-0.2, 0) is 44.5 Å². The number of alkyl carbamates (subject to hydrolysis) is 1. The van der Waals surface area contributed by atoms with Crippen LogP contribution in [0.25, 0.3) is 0 Å². The first kappa shape index (κ1) is 33.2. The number of hydrogen-bond acceptors (Lipinski definition) is 9. The van der Waals surface area contributed by atoms with Crippen molar-refractivity contribution >= 4 is 6.09 Å². The monoisotopic (exact) mass is 529 g/mol. The van der Waals surface area contributed by atoms with Gasteiger partial charge in [-0.15, -0.1) is 0 Å². The van der Waals surface area contributed by atoms with Crippen molar-refractivity contribution < 1.29 is 42.7 Å². The standard InChI is InChI=1S/C27H47NO9/c1-3-25(2)23-36-22-21-35-20-19-34-18-17-33-16-15-32-14-13-31-12-11-30-10-9-28-27(29)37-24-26-7-5-4-6-8-26/h4-8,25H,3,9-24H2,1-2H3,(H,28,29). The third-order valence-electron chi connectivity index (χ3n) is 5.06. The molecule has 0 bridgehead atoms. The minimum absolute atomic E-state index is 0.246. The summed E-state index contributed by atoms with van der Waals surface area (Å²) in [6.45, 7) is 12.4. The summed E-state index contributed by atoms with van der Waals surface area (Å²) in [7, 11) is 0. The first-order chi connectivity index (χ1) is 18.2. The highest BCUT2D eigenvalue weighted by atomic mass is 16.6. The molecule has 1 aromatic carbocycles. The second-order valence-electron chi connectivity index (χ2n) is 8.25. The Morgan fingerprint density at radius 3 is 1.57 bits per heavy atom. The maximum atomic E-state index is 11.6. The summed E-state index contributed by atoms with van der Waals surface area (Å²) in [6, 6.07) is 9.52. The molecule has 1 N–H and O–H groups in total. The van der Waals surface area contributed by atoms with E-state index in [4.69, 9.17) is 37.9 Å². The van der Waals surface area contributed by atoms with E-state index in [2.05, 4.69) is 19.2 Å². The van der Waals surface area contributed by atoms with Crippen LogP contribution in [0.2, 0.25) is 0 Å². The molecule has 0 aliphatic heterocycles. The second-order valence-corrected chi connectivity index (χ2v) is 8.25. The third kappa shape index (κ3) is 23.1. The lowest BCUT2D eigenvalue weighted by Crippen LogP contribution is -2.28. The molecule has 1 unspecified atom stereocenters. The molecule has 0 spiro atoms. The molecule has 10 heteroatoms. The Balaban J connectivity index is 1.68. The maximum Gasteiger partial charge on any atom is 0.407 e. The minimum atomic E-state index is -0.462. The Morgan fingerprint density at radius 2 is 1.11 bits per heavy atom. The number of nitrogens with one attached hydrogen (secondary N) is 1. The van der Waals surface area contributed by atoms with Crippen molar-refractivity contribution in [2.45, 2.75) is 26.9 Å². The predicted octanol–water partition coefficient (Wildman–Crippen LogP) is 3.08. The molecular formula is C27H47NO9. The first-order valence-electron chi connectivity index (χ1n) is 13.2. The van der Waals surface area contributed by atoms with Crippen molar-refractivity contribution in [3.05, 3.63) is 35.9 Å². The molecule has 0 aromatic heterocycles.